The van der Waals surface area contributed by atoms with Crippen LogP contribution in [0.4, 0.5) is 0 Å². The van der Waals surface area contributed by atoms with E-state index in [2.05, 4.69) is 26.1 Å². The van der Waals surface area contributed by atoms with Crippen LogP contribution in [0.15, 0.2) is 24.3 Å². The van der Waals surface area contributed by atoms with Crippen LogP contribution in [0, 0.1) is 0 Å². The zero-order chi connectivity index (χ0) is 20.2. The Morgan fingerprint density at radius 1 is 1.19 bits per heavy atom. The van der Waals surface area contributed by atoms with Crippen molar-refractivity contribution < 1.29 is 23.9 Å². The standard InChI is InChI=1S/C20H26N2O5/c1-13(19(26)27-12-17(24)22-11-5-6-16(22)23)21-18(25)14-7-9-15(10-8-14)20(2,3)4/h7-10,13H,5-6,11-12H2,1-4H3,(H,21,25)/t13-/m0/s1. The molecule has 7 nitrogen and oxygen atoms in total. The molecule has 3 amide bonds. The summed E-state index contributed by atoms with van der Waals surface area (Å²) < 4.78 is 4.93. The zero-order valence-electron chi connectivity index (χ0n) is 16.2. The fraction of sp³-hybridized carbons (Fsp3) is 0.500. The number of benzene rings is 1. The van der Waals surface area contributed by atoms with Crippen molar-refractivity contribution in [3.8, 4) is 0 Å². The van der Waals surface area contributed by atoms with Crippen LogP contribution in [0.25, 0.3) is 0 Å². The SMILES string of the molecule is C[C@H](NC(=O)c1ccc(C(C)(C)C)cc1)C(=O)OCC(=O)N1CCCC1=O. The Balaban J connectivity index is 1.85. The first-order chi connectivity index (χ1) is 12.6. The van der Waals surface area contributed by atoms with Gasteiger partial charge in [-0.25, -0.2) is 4.79 Å². The highest BCUT2D eigenvalue weighted by atomic mass is 16.5. The van der Waals surface area contributed by atoms with E-state index in [0.29, 0.717) is 24.9 Å². The molecule has 0 saturated carbocycles. The molecule has 0 bridgehead atoms. The number of ether oxygens (including phenoxy) is 1. The smallest absolute Gasteiger partial charge is 0.328 e. The molecule has 1 aliphatic rings. The van der Waals surface area contributed by atoms with Gasteiger partial charge in [0.2, 0.25) is 5.91 Å². The third-order valence-electron chi connectivity index (χ3n) is 4.43. The normalized spacial score (nSPS) is 15.4. The van der Waals surface area contributed by atoms with Gasteiger partial charge in [-0.3, -0.25) is 19.3 Å². The largest absolute Gasteiger partial charge is 0.454 e. The summed E-state index contributed by atoms with van der Waals surface area (Å²) >= 11 is 0. The van der Waals surface area contributed by atoms with Crippen LogP contribution < -0.4 is 5.32 Å². The van der Waals surface area contributed by atoms with E-state index >= 15 is 0 Å². The summed E-state index contributed by atoms with van der Waals surface area (Å²) in [5, 5.41) is 2.55. The van der Waals surface area contributed by atoms with Crippen LogP contribution in [-0.2, 0) is 24.5 Å². The summed E-state index contributed by atoms with van der Waals surface area (Å²) in [5.41, 5.74) is 1.51. The van der Waals surface area contributed by atoms with Crippen LogP contribution >= 0.6 is 0 Å². The molecule has 27 heavy (non-hydrogen) atoms. The number of nitrogens with zero attached hydrogens (tertiary/aromatic N) is 1. The number of amides is 3. The molecule has 1 N–H and O–H groups in total. The highest BCUT2D eigenvalue weighted by Gasteiger charge is 2.28. The number of rotatable bonds is 5. The molecular formula is C20H26N2O5. The molecule has 0 aliphatic carbocycles. The molecule has 0 radical (unpaired) electrons. The molecule has 1 heterocycles. The van der Waals surface area contributed by atoms with Gasteiger partial charge in [-0.2, -0.15) is 0 Å². The summed E-state index contributed by atoms with van der Waals surface area (Å²) in [5.74, 6) is -1.92. The van der Waals surface area contributed by atoms with Gasteiger partial charge in [0.25, 0.3) is 11.8 Å². The van der Waals surface area contributed by atoms with Crippen molar-refractivity contribution in [1.82, 2.24) is 10.2 Å². The van der Waals surface area contributed by atoms with E-state index in [1.807, 2.05) is 12.1 Å². The molecule has 1 aliphatic heterocycles. The van der Waals surface area contributed by atoms with Crippen molar-refractivity contribution in [2.45, 2.75) is 52.0 Å². The second-order valence-corrected chi connectivity index (χ2v) is 7.67. The van der Waals surface area contributed by atoms with Gasteiger partial charge in [0, 0.05) is 18.5 Å². The van der Waals surface area contributed by atoms with E-state index < -0.39 is 30.4 Å². The Bertz CT molecular complexity index is 734. The molecular weight excluding hydrogens is 348 g/mol. The number of carbonyl (C=O) groups excluding carboxylic acids is 4. The van der Waals surface area contributed by atoms with Gasteiger partial charge in [-0.15, -0.1) is 0 Å². The maximum absolute atomic E-state index is 12.3. The molecule has 7 heteroatoms. The summed E-state index contributed by atoms with van der Waals surface area (Å²) in [6.07, 6.45) is 0.957. The van der Waals surface area contributed by atoms with Gasteiger partial charge >= 0.3 is 5.97 Å². The number of imide groups is 1. The van der Waals surface area contributed by atoms with Gasteiger partial charge in [0.1, 0.15) is 6.04 Å². The van der Waals surface area contributed by atoms with Crippen molar-refractivity contribution in [2.75, 3.05) is 13.2 Å². The number of carbonyl (C=O) groups is 4. The van der Waals surface area contributed by atoms with Gasteiger partial charge in [0.15, 0.2) is 6.61 Å². The summed E-state index contributed by atoms with van der Waals surface area (Å²) in [4.78, 5) is 48.7. The van der Waals surface area contributed by atoms with Gasteiger partial charge in [0.05, 0.1) is 0 Å². The summed E-state index contributed by atoms with van der Waals surface area (Å²) in [6.45, 7) is 7.57. The molecule has 0 unspecified atom stereocenters. The third-order valence-corrected chi connectivity index (χ3v) is 4.43. The highest BCUT2D eigenvalue weighted by molar-refractivity contribution is 5.99. The van der Waals surface area contributed by atoms with Crippen LogP contribution in [0.3, 0.4) is 0 Å². The average molecular weight is 374 g/mol. The van der Waals surface area contributed by atoms with Crippen LogP contribution in [-0.4, -0.2) is 47.8 Å². The second kappa shape index (κ2) is 8.33. The van der Waals surface area contributed by atoms with Crippen LogP contribution in [0.1, 0.15) is 56.5 Å². The highest BCUT2D eigenvalue weighted by Crippen LogP contribution is 2.22. The lowest BCUT2D eigenvalue weighted by Gasteiger charge is -2.19. The van der Waals surface area contributed by atoms with E-state index in [1.54, 1.807) is 12.1 Å². The van der Waals surface area contributed by atoms with Gasteiger partial charge in [-0.1, -0.05) is 32.9 Å². The molecule has 1 aromatic rings. The first kappa shape index (κ1) is 20.6. The molecule has 2 rings (SSSR count). The minimum atomic E-state index is -0.915. The third kappa shape index (κ3) is 5.39. The summed E-state index contributed by atoms with van der Waals surface area (Å²) in [6, 6.07) is 6.25. The number of esters is 1. The summed E-state index contributed by atoms with van der Waals surface area (Å²) in [7, 11) is 0. The van der Waals surface area contributed by atoms with E-state index in [0.717, 1.165) is 10.5 Å². The first-order valence-electron chi connectivity index (χ1n) is 9.01. The van der Waals surface area contributed by atoms with E-state index in [4.69, 9.17) is 4.74 Å². The Kier molecular flexibility index (Phi) is 6.36. The fourth-order valence-corrected chi connectivity index (χ4v) is 2.71. The molecule has 1 atom stereocenters. The lowest BCUT2D eigenvalue weighted by molar-refractivity contribution is -0.155. The van der Waals surface area contributed by atoms with Crippen molar-refractivity contribution in [3.05, 3.63) is 35.4 Å². The second-order valence-electron chi connectivity index (χ2n) is 7.67. The Morgan fingerprint density at radius 2 is 1.81 bits per heavy atom. The topological polar surface area (TPSA) is 92.8 Å². The van der Waals surface area contributed by atoms with E-state index in [1.165, 1.54) is 6.92 Å². The molecule has 0 spiro atoms. The van der Waals surface area contributed by atoms with Crippen LogP contribution in [0.5, 0.6) is 0 Å². The maximum Gasteiger partial charge on any atom is 0.328 e. The minimum Gasteiger partial charge on any atom is -0.454 e. The van der Waals surface area contributed by atoms with E-state index in [-0.39, 0.29) is 11.3 Å². The van der Waals surface area contributed by atoms with Crippen LogP contribution in [0.2, 0.25) is 0 Å². The van der Waals surface area contributed by atoms with Gasteiger partial charge < -0.3 is 10.1 Å². The van der Waals surface area contributed by atoms with Crippen molar-refractivity contribution in [2.24, 2.45) is 0 Å². The first-order valence-corrected chi connectivity index (χ1v) is 9.01. The number of hydrogen-bond donors (Lipinski definition) is 1. The average Bonchev–Trinajstić information content (AvgIpc) is 3.04. The Morgan fingerprint density at radius 3 is 2.33 bits per heavy atom. The quantitative estimate of drug-likeness (QED) is 0.793. The van der Waals surface area contributed by atoms with Crippen molar-refractivity contribution in [3.63, 3.8) is 0 Å². The zero-order valence-corrected chi connectivity index (χ0v) is 16.2. The molecule has 1 saturated heterocycles. The lowest BCUT2D eigenvalue weighted by Crippen LogP contribution is -2.41. The lowest BCUT2D eigenvalue weighted by atomic mass is 9.86. The molecule has 146 valence electrons. The fourth-order valence-electron chi connectivity index (χ4n) is 2.71. The molecule has 1 fully saturated rings. The monoisotopic (exact) mass is 374 g/mol. The Labute approximate surface area is 159 Å². The molecule has 0 aromatic heterocycles. The molecule has 1 aromatic carbocycles. The van der Waals surface area contributed by atoms with Gasteiger partial charge in [-0.05, 0) is 36.5 Å². The Hall–Kier alpha value is -2.70. The van der Waals surface area contributed by atoms with Crippen molar-refractivity contribution in [1.29, 1.82) is 0 Å². The predicted octanol–water partition coefficient (Wildman–Crippen LogP) is 1.79. The minimum absolute atomic E-state index is 0.0185. The predicted molar refractivity (Wildman–Crippen MR) is 99.0 cm³/mol. The van der Waals surface area contributed by atoms with E-state index in [9.17, 15) is 19.2 Å². The number of hydrogen-bond acceptors (Lipinski definition) is 5. The van der Waals surface area contributed by atoms with Crippen molar-refractivity contribution >= 4 is 23.7 Å². The number of nitrogens with one attached hydrogen (secondary N) is 1. The number of likely N-dealkylation sites (tertiary alicyclic amines) is 1. The maximum atomic E-state index is 12.3.